The van der Waals surface area contributed by atoms with Crippen LogP contribution in [0, 0.1) is 6.92 Å². The Balaban J connectivity index is 3.59. The van der Waals surface area contributed by atoms with Gasteiger partial charge in [0.15, 0.2) is 0 Å². The van der Waals surface area contributed by atoms with Crippen molar-refractivity contribution in [2.45, 2.75) is 6.92 Å². The number of nitrogens with one attached hydrogen (secondary N) is 1. The molecule has 0 aliphatic heterocycles. The minimum atomic E-state index is -0.789. The predicted molar refractivity (Wildman–Crippen MR) is 38.2 cm³/mol. The molecule has 0 aliphatic rings. The van der Waals surface area contributed by atoms with Gasteiger partial charge in [-0.15, -0.1) is 0 Å². The van der Waals surface area contributed by atoms with Gasteiger partial charge in [0.05, 0.1) is 0 Å². The summed E-state index contributed by atoms with van der Waals surface area (Å²) >= 11 is 3.77. The molecule has 0 fully saturated rings. The first-order chi connectivity index (χ1) is 4.61. The Morgan fingerprint density at radius 3 is 2.70 bits per heavy atom. The molecule has 0 radical (unpaired) electrons. The third-order valence-corrected chi connectivity index (χ3v) is 1.36. The number of hydrogen-bond donors (Lipinski definition) is 2. The van der Waals surface area contributed by atoms with Gasteiger partial charge in [-0.25, -0.2) is 9.19 Å². The zero-order valence-corrected chi connectivity index (χ0v) is 6.05. The molecule has 6 heteroatoms. The van der Waals surface area contributed by atoms with Crippen LogP contribution in [0.4, 0.5) is 0 Å². The summed E-state index contributed by atoms with van der Waals surface area (Å²) in [5, 5.41) is 2.16. The van der Waals surface area contributed by atoms with E-state index >= 15 is 0 Å². The molecule has 0 saturated heterocycles. The van der Waals surface area contributed by atoms with Crippen LogP contribution in [0.1, 0.15) is 5.82 Å². The van der Waals surface area contributed by atoms with Gasteiger partial charge in [0.25, 0.3) is 0 Å². The highest BCUT2D eigenvalue weighted by molar-refractivity contribution is 7.78. The zero-order valence-electron chi connectivity index (χ0n) is 5.16. The van der Waals surface area contributed by atoms with E-state index in [4.69, 9.17) is 0 Å². The van der Waals surface area contributed by atoms with E-state index in [1.165, 1.54) is 0 Å². The monoisotopic (exact) mass is 159 g/mol. The molecule has 0 aliphatic carbocycles. The van der Waals surface area contributed by atoms with Crippen LogP contribution in [0.15, 0.2) is 9.59 Å². The minimum Gasteiger partial charge on any atom is -0.262 e. The Hall–Kier alpha value is -1.04. The smallest absolute Gasteiger partial charge is 0.262 e. The second-order valence-electron chi connectivity index (χ2n) is 1.72. The average molecular weight is 159 g/mol. The molecule has 0 spiro atoms. The van der Waals surface area contributed by atoms with E-state index in [0.29, 0.717) is 5.82 Å². The topological polar surface area (TPSA) is 67.8 Å². The fourth-order valence-corrected chi connectivity index (χ4v) is 0.606. The van der Waals surface area contributed by atoms with E-state index in [0.717, 1.165) is 4.09 Å². The van der Waals surface area contributed by atoms with Crippen LogP contribution in [0.2, 0.25) is 0 Å². The lowest BCUT2D eigenvalue weighted by atomic mass is 10.7. The van der Waals surface area contributed by atoms with Crippen molar-refractivity contribution < 1.29 is 0 Å². The molecule has 10 heavy (non-hydrogen) atoms. The maximum atomic E-state index is 10.5. The Labute approximate surface area is 61.2 Å². The van der Waals surface area contributed by atoms with Gasteiger partial charge in [0, 0.05) is 0 Å². The predicted octanol–water partition coefficient (Wildman–Crippen LogP) is -1.07. The molecule has 0 saturated carbocycles. The van der Waals surface area contributed by atoms with E-state index in [2.05, 4.69) is 22.9 Å². The molecule has 1 aromatic heterocycles. The van der Waals surface area contributed by atoms with Gasteiger partial charge in [0.1, 0.15) is 5.82 Å². The van der Waals surface area contributed by atoms with Crippen molar-refractivity contribution in [3.05, 3.63) is 26.5 Å². The summed E-state index contributed by atoms with van der Waals surface area (Å²) < 4.78 is 1.09. The minimum absolute atomic E-state index is 0.355. The number of nitrogens with zero attached hydrogens (tertiary/aromatic N) is 2. The van der Waals surface area contributed by atoms with Gasteiger partial charge < -0.3 is 0 Å². The first-order valence-electron chi connectivity index (χ1n) is 2.50. The van der Waals surface area contributed by atoms with Crippen LogP contribution in [0.5, 0.6) is 0 Å². The van der Waals surface area contributed by atoms with E-state index < -0.39 is 11.1 Å². The van der Waals surface area contributed by atoms with Crippen molar-refractivity contribution in [2.75, 3.05) is 0 Å². The lowest BCUT2D eigenvalue weighted by Gasteiger charge is -1.96. The number of hydrogen-bond acceptors (Lipinski definition) is 4. The first kappa shape index (κ1) is 7.07. The number of thiol groups is 1. The number of aromatic nitrogens is 3. The molecule has 1 aromatic rings. The molecule has 1 rings (SSSR count). The summed E-state index contributed by atoms with van der Waals surface area (Å²) in [6.45, 7) is 1.56. The van der Waals surface area contributed by atoms with Crippen molar-refractivity contribution >= 4 is 12.8 Å². The third kappa shape index (κ3) is 1.10. The van der Waals surface area contributed by atoms with E-state index in [-0.39, 0.29) is 0 Å². The first-order valence-corrected chi connectivity index (χ1v) is 2.90. The molecule has 54 valence electrons. The van der Waals surface area contributed by atoms with Crippen LogP contribution in [0.25, 0.3) is 0 Å². The van der Waals surface area contributed by atoms with Crippen LogP contribution in [-0.4, -0.2) is 14.2 Å². The molecule has 0 amide bonds. The second-order valence-corrected chi connectivity index (χ2v) is 2.12. The zero-order chi connectivity index (χ0) is 7.72. The number of rotatable bonds is 0. The maximum absolute atomic E-state index is 10.5. The molecule has 5 nitrogen and oxygen atoms in total. The highest BCUT2D eigenvalue weighted by Crippen LogP contribution is 1.83. The standard InChI is InChI=1S/C4H5N3O2S/c1-2-5-3(8)4(9)6-7(2)10/h10H,1H3,(H,6,9). The molecule has 1 heterocycles. The highest BCUT2D eigenvalue weighted by Gasteiger charge is 1.96. The van der Waals surface area contributed by atoms with Gasteiger partial charge in [-0.3, -0.25) is 9.59 Å². The normalized spacial score (nSPS) is 9.80. The molecule has 0 atom stereocenters. The maximum Gasteiger partial charge on any atom is 0.338 e. The molecule has 0 bridgehead atoms. The lowest BCUT2D eigenvalue weighted by Crippen LogP contribution is -2.33. The number of aromatic amines is 1. The molecule has 1 N–H and O–H groups in total. The van der Waals surface area contributed by atoms with Gasteiger partial charge in [-0.2, -0.15) is 4.98 Å². The number of H-pyrrole nitrogens is 1. The fraction of sp³-hybridized carbons (Fsp3) is 0.250. The summed E-state index contributed by atoms with van der Waals surface area (Å²) in [7, 11) is 0. The molecular weight excluding hydrogens is 154 g/mol. The Kier molecular flexibility index (Phi) is 1.62. The van der Waals surface area contributed by atoms with Crippen molar-refractivity contribution in [1.82, 2.24) is 14.2 Å². The summed E-state index contributed by atoms with van der Waals surface area (Å²) in [6.07, 6.45) is 0. The van der Waals surface area contributed by atoms with Crippen LogP contribution in [0.3, 0.4) is 0 Å². The van der Waals surface area contributed by atoms with E-state index in [9.17, 15) is 9.59 Å². The van der Waals surface area contributed by atoms with Crippen molar-refractivity contribution in [3.8, 4) is 0 Å². The average Bonchev–Trinajstić information content (AvgIpc) is 1.84. The van der Waals surface area contributed by atoms with Crippen molar-refractivity contribution in [3.63, 3.8) is 0 Å². The van der Waals surface area contributed by atoms with Gasteiger partial charge in [-0.05, 0) is 19.7 Å². The van der Waals surface area contributed by atoms with E-state index in [1.54, 1.807) is 6.92 Å². The van der Waals surface area contributed by atoms with Gasteiger partial charge in [0.2, 0.25) is 0 Å². The van der Waals surface area contributed by atoms with Crippen molar-refractivity contribution in [2.24, 2.45) is 0 Å². The lowest BCUT2D eigenvalue weighted by molar-refractivity contribution is 0.810. The fourth-order valence-electron chi connectivity index (χ4n) is 0.470. The van der Waals surface area contributed by atoms with Crippen LogP contribution >= 0.6 is 12.8 Å². The van der Waals surface area contributed by atoms with Crippen LogP contribution in [-0.2, 0) is 0 Å². The number of aryl methyl sites for hydroxylation is 1. The summed E-state index contributed by atoms with van der Waals surface area (Å²) in [6, 6.07) is 0. The molecule has 0 aromatic carbocycles. The molecular formula is C4H5N3O2S. The Bertz CT molecular complexity index is 317. The highest BCUT2D eigenvalue weighted by atomic mass is 32.1. The SMILES string of the molecule is Cc1nc(=O)c(=O)[nH]n1S. The van der Waals surface area contributed by atoms with Crippen LogP contribution < -0.4 is 11.1 Å². The molecule has 0 unspecified atom stereocenters. The Morgan fingerprint density at radius 2 is 2.20 bits per heavy atom. The largest absolute Gasteiger partial charge is 0.338 e. The summed E-state index contributed by atoms with van der Waals surface area (Å²) in [5.41, 5.74) is -1.55. The van der Waals surface area contributed by atoms with E-state index in [1.807, 2.05) is 0 Å². The van der Waals surface area contributed by atoms with Crippen molar-refractivity contribution in [1.29, 1.82) is 0 Å². The summed E-state index contributed by atoms with van der Waals surface area (Å²) in [5.74, 6) is 0.355. The Morgan fingerprint density at radius 1 is 1.60 bits per heavy atom. The third-order valence-electron chi connectivity index (χ3n) is 0.972. The van der Waals surface area contributed by atoms with Gasteiger partial charge in [-0.1, -0.05) is 0 Å². The summed E-state index contributed by atoms with van der Waals surface area (Å²) in [4.78, 5) is 24.3. The quantitative estimate of drug-likeness (QED) is 0.374. The van der Waals surface area contributed by atoms with Gasteiger partial charge >= 0.3 is 11.1 Å². The second kappa shape index (κ2) is 2.30.